The Bertz CT molecular complexity index is 689. The van der Waals surface area contributed by atoms with Gasteiger partial charge in [-0.15, -0.1) is 22.7 Å². The lowest BCUT2D eigenvalue weighted by Gasteiger charge is -2.05. The number of hydrogen-bond acceptors (Lipinski definition) is 4. The van der Waals surface area contributed by atoms with E-state index in [-0.39, 0.29) is 5.91 Å². The van der Waals surface area contributed by atoms with Crippen LogP contribution in [0.3, 0.4) is 0 Å². The van der Waals surface area contributed by atoms with Crippen LogP contribution in [0.25, 0.3) is 0 Å². The zero-order chi connectivity index (χ0) is 15.5. The SMILES string of the molecule is NC(=O)c1c(NC(=O)Cc2cccs2)sc2c1CCCCC2. The van der Waals surface area contributed by atoms with E-state index in [0.717, 1.165) is 36.1 Å². The lowest BCUT2D eigenvalue weighted by Crippen LogP contribution is -2.18. The van der Waals surface area contributed by atoms with Crippen molar-refractivity contribution in [1.82, 2.24) is 0 Å². The number of aryl methyl sites for hydroxylation is 1. The van der Waals surface area contributed by atoms with Crippen molar-refractivity contribution >= 4 is 39.5 Å². The molecule has 0 saturated heterocycles. The number of primary amides is 1. The van der Waals surface area contributed by atoms with E-state index in [1.807, 2.05) is 17.5 Å². The molecule has 0 fully saturated rings. The Hall–Kier alpha value is -1.66. The van der Waals surface area contributed by atoms with Crippen LogP contribution in [0.5, 0.6) is 0 Å². The number of hydrogen-bond donors (Lipinski definition) is 2. The molecule has 0 saturated carbocycles. The minimum atomic E-state index is -0.439. The average Bonchev–Trinajstić information content (AvgIpc) is 3.01. The van der Waals surface area contributed by atoms with Gasteiger partial charge >= 0.3 is 0 Å². The Morgan fingerprint density at radius 2 is 2.05 bits per heavy atom. The van der Waals surface area contributed by atoms with Gasteiger partial charge in [0.25, 0.3) is 5.91 Å². The molecule has 2 aromatic rings. The van der Waals surface area contributed by atoms with Crippen molar-refractivity contribution in [2.45, 2.75) is 38.5 Å². The van der Waals surface area contributed by atoms with Crippen LogP contribution in [0.1, 0.15) is 44.9 Å². The molecule has 0 radical (unpaired) electrons. The van der Waals surface area contributed by atoms with Crippen molar-refractivity contribution in [2.75, 3.05) is 5.32 Å². The van der Waals surface area contributed by atoms with Crippen molar-refractivity contribution in [3.63, 3.8) is 0 Å². The van der Waals surface area contributed by atoms with Crippen LogP contribution < -0.4 is 11.1 Å². The number of carbonyl (C=O) groups is 2. The molecule has 2 heterocycles. The van der Waals surface area contributed by atoms with Gasteiger partial charge in [-0.2, -0.15) is 0 Å². The third kappa shape index (κ3) is 3.23. The third-order valence-electron chi connectivity index (χ3n) is 3.84. The fourth-order valence-electron chi connectivity index (χ4n) is 2.83. The van der Waals surface area contributed by atoms with Gasteiger partial charge in [-0.1, -0.05) is 12.5 Å². The van der Waals surface area contributed by atoms with E-state index in [2.05, 4.69) is 5.32 Å². The number of amides is 2. The van der Waals surface area contributed by atoms with Gasteiger partial charge in [0, 0.05) is 9.75 Å². The lowest BCUT2D eigenvalue weighted by atomic mass is 10.1. The van der Waals surface area contributed by atoms with Gasteiger partial charge in [0.1, 0.15) is 5.00 Å². The molecule has 2 amide bonds. The first-order valence-corrected chi connectivity index (χ1v) is 9.11. The van der Waals surface area contributed by atoms with Crippen molar-refractivity contribution in [3.8, 4) is 0 Å². The summed E-state index contributed by atoms with van der Waals surface area (Å²) in [7, 11) is 0. The van der Waals surface area contributed by atoms with Gasteiger partial charge in [0.15, 0.2) is 0 Å². The molecular formula is C16H18N2O2S2. The lowest BCUT2D eigenvalue weighted by molar-refractivity contribution is -0.115. The van der Waals surface area contributed by atoms with E-state index in [1.54, 1.807) is 11.3 Å². The quantitative estimate of drug-likeness (QED) is 0.842. The van der Waals surface area contributed by atoms with Gasteiger partial charge in [-0.05, 0) is 42.7 Å². The number of anilines is 1. The zero-order valence-corrected chi connectivity index (χ0v) is 13.8. The van der Waals surface area contributed by atoms with Crippen molar-refractivity contribution < 1.29 is 9.59 Å². The second-order valence-electron chi connectivity index (χ2n) is 5.44. The third-order valence-corrected chi connectivity index (χ3v) is 5.92. The molecule has 0 spiro atoms. The molecule has 3 rings (SSSR count). The number of thiophene rings is 2. The predicted molar refractivity (Wildman–Crippen MR) is 90.7 cm³/mol. The standard InChI is InChI=1S/C16H18N2O2S2/c17-15(20)14-11-6-2-1-3-7-12(11)22-16(14)18-13(19)9-10-5-4-8-21-10/h4-5,8H,1-3,6-7,9H2,(H2,17,20)(H,18,19). The molecule has 1 aliphatic carbocycles. The number of nitrogens with one attached hydrogen (secondary N) is 1. The maximum absolute atomic E-state index is 12.2. The summed E-state index contributed by atoms with van der Waals surface area (Å²) in [5, 5.41) is 5.47. The van der Waals surface area contributed by atoms with Gasteiger partial charge < -0.3 is 11.1 Å². The Kier molecular flexibility index (Phi) is 4.59. The van der Waals surface area contributed by atoms with E-state index in [9.17, 15) is 9.59 Å². The van der Waals surface area contributed by atoms with Crippen LogP contribution in [0, 0.1) is 0 Å². The van der Waals surface area contributed by atoms with E-state index in [1.165, 1.54) is 22.6 Å². The summed E-state index contributed by atoms with van der Waals surface area (Å²) >= 11 is 3.07. The molecule has 0 aliphatic heterocycles. The fraction of sp³-hybridized carbons (Fsp3) is 0.375. The second kappa shape index (κ2) is 6.62. The summed E-state index contributed by atoms with van der Waals surface area (Å²) < 4.78 is 0. The molecule has 0 bridgehead atoms. The monoisotopic (exact) mass is 334 g/mol. The summed E-state index contributed by atoms with van der Waals surface area (Å²) in [6, 6.07) is 3.86. The van der Waals surface area contributed by atoms with Gasteiger partial charge in [0.2, 0.25) is 5.91 Å². The topological polar surface area (TPSA) is 72.2 Å². The molecule has 2 aromatic heterocycles. The highest BCUT2D eigenvalue weighted by Gasteiger charge is 2.24. The highest BCUT2D eigenvalue weighted by atomic mass is 32.1. The first-order chi connectivity index (χ1) is 10.6. The molecule has 116 valence electrons. The van der Waals surface area contributed by atoms with Gasteiger partial charge in [-0.3, -0.25) is 9.59 Å². The van der Waals surface area contributed by atoms with Crippen LogP contribution in [-0.2, 0) is 24.1 Å². The number of nitrogens with two attached hydrogens (primary N) is 1. The van der Waals surface area contributed by atoms with E-state index >= 15 is 0 Å². The van der Waals surface area contributed by atoms with Crippen LogP contribution >= 0.6 is 22.7 Å². The smallest absolute Gasteiger partial charge is 0.251 e. The molecule has 4 nitrogen and oxygen atoms in total. The van der Waals surface area contributed by atoms with Crippen LogP contribution in [-0.4, -0.2) is 11.8 Å². The normalized spacial score (nSPS) is 14.2. The maximum atomic E-state index is 12.2. The Labute approximate surface area is 137 Å². The summed E-state index contributed by atoms with van der Waals surface area (Å²) in [5.41, 5.74) is 7.15. The average molecular weight is 334 g/mol. The summed E-state index contributed by atoms with van der Waals surface area (Å²) in [6.07, 6.45) is 5.57. The number of fused-ring (bicyclic) bond motifs is 1. The van der Waals surface area contributed by atoms with Gasteiger partial charge in [-0.25, -0.2) is 0 Å². The first kappa shape index (κ1) is 15.2. The Morgan fingerprint density at radius 1 is 1.23 bits per heavy atom. The molecule has 22 heavy (non-hydrogen) atoms. The summed E-state index contributed by atoms with van der Waals surface area (Å²) in [4.78, 5) is 26.2. The highest BCUT2D eigenvalue weighted by Crippen LogP contribution is 2.37. The van der Waals surface area contributed by atoms with E-state index < -0.39 is 5.91 Å². The number of rotatable bonds is 4. The van der Waals surface area contributed by atoms with Gasteiger partial charge in [0.05, 0.1) is 12.0 Å². The molecule has 0 aromatic carbocycles. The van der Waals surface area contributed by atoms with Crippen molar-refractivity contribution in [1.29, 1.82) is 0 Å². The minimum absolute atomic E-state index is 0.0960. The fourth-order valence-corrected chi connectivity index (χ4v) is 4.85. The van der Waals surface area contributed by atoms with E-state index in [4.69, 9.17) is 5.73 Å². The largest absolute Gasteiger partial charge is 0.365 e. The highest BCUT2D eigenvalue weighted by molar-refractivity contribution is 7.17. The molecule has 1 aliphatic rings. The van der Waals surface area contributed by atoms with Crippen LogP contribution in [0.2, 0.25) is 0 Å². The van der Waals surface area contributed by atoms with Crippen molar-refractivity contribution in [3.05, 3.63) is 38.4 Å². The molecular weight excluding hydrogens is 316 g/mol. The maximum Gasteiger partial charge on any atom is 0.251 e. The molecule has 3 N–H and O–H groups in total. The molecule has 6 heteroatoms. The summed E-state index contributed by atoms with van der Waals surface area (Å²) in [5.74, 6) is -0.535. The number of carbonyl (C=O) groups excluding carboxylic acids is 2. The molecule has 0 unspecified atom stereocenters. The summed E-state index contributed by atoms with van der Waals surface area (Å²) in [6.45, 7) is 0. The second-order valence-corrected chi connectivity index (χ2v) is 7.57. The zero-order valence-electron chi connectivity index (χ0n) is 12.2. The predicted octanol–water partition coefficient (Wildman–Crippen LogP) is 3.36. The Balaban J connectivity index is 1.83. The van der Waals surface area contributed by atoms with Crippen LogP contribution in [0.15, 0.2) is 17.5 Å². The van der Waals surface area contributed by atoms with Crippen molar-refractivity contribution in [2.24, 2.45) is 5.73 Å². The van der Waals surface area contributed by atoms with Crippen LogP contribution in [0.4, 0.5) is 5.00 Å². The molecule has 0 atom stereocenters. The Morgan fingerprint density at radius 3 is 2.77 bits per heavy atom. The minimum Gasteiger partial charge on any atom is -0.365 e. The van der Waals surface area contributed by atoms with E-state index in [0.29, 0.717) is 17.0 Å². The first-order valence-electron chi connectivity index (χ1n) is 7.41.